The van der Waals surface area contributed by atoms with Crippen molar-refractivity contribution in [3.05, 3.63) is 75.8 Å². The highest BCUT2D eigenvalue weighted by Crippen LogP contribution is 2.14. The third-order valence-corrected chi connectivity index (χ3v) is 6.31. The van der Waals surface area contributed by atoms with Crippen molar-refractivity contribution >= 4 is 21.4 Å². The van der Waals surface area contributed by atoms with Crippen LogP contribution >= 0.6 is 0 Å². The van der Waals surface area contributed by atoms with Gasteiger partial charge in [0.15, 0.2) is 9.84 Å². The van der Waals surface area contributed by atoms with E-state index >= 15 is 0 Å². The van der Waals surface area contributed by atoms with E-state index in [2.05, 4.69) is 5.32 Å². The number of nitrogens with two attached hydrogens (primary N) is 1. The smallest absolute Gasteiger partial charge is 0.269 e. The van der Waals surface area contributed by atoms with E-state index in [0.717, 1.165) is 5.56 Å². The molecule has 0 bridgehead atoms. The topological polar surface area (TPSA) is 123 Å². The molecule has 1 fully saturated rings. The molecule has 1 amide bonds. The molecule has 9 heteroatoms. The molecular weight excluding hydrogens is 370 g/mol. The molecule has 3 N–H and O–H groups in total. The standard InChI is InChI=1S/C18H19N3O5S/c22-18(14-6-8-15(9-7-14)21(23)24)20-17-12-27(25,26)11-16(17)19-10-13-4-2-1-3-5-13/h1-9,16-17,19H,10-12H2,(H,20,22)/p+1/t16-,17+/m1/s1. The molecule has 8 nitrogen and oxygen atoms in total. The molecule has 2 atom stereocenters. The van der Waals surface area contributed by atoms with Gasteiger partial charge in [-0.15, -0.1) is 0 Å². The second-order valence-corrected chi connectivity index (χ2v) is 8.70. The predicted octanol–water partition coefficient (Wildman–Crippen LogP) is 0.254. The summed E-state index contributed by atoms with van der Waals surface area (Å²) in [7, 11) is -3.23. The van der Waals surface area contributed by atoms with Crippen molar-refractivity contribution in [2.45, 2.75) is 18.6 Å². The van der Waals surface area contributed by atoms with Gasteiger partial charge in [-0.05, 0) is 12.1 Å². The monoisotopic (exact) mass is 390 g/mol. The maximum atomic E-state index is 12.4. The summed E-state index contributed by atoms with van der Waals surface area (Å²) in [4.78, 5) is 22.6. The quantitative estimate of drug-likeness (QED) is 0.541. The highest BCUT2D eigenvalue weighted by atomic mass is 32.2. The van der Waals surface area contributed by atoms with Crippen LogP contribution in [0.2, 0.25) is 0 Å². The fourth-order valence-corrected chi connectivity index (χ4v) is 5.11. The largest absolute Gasteiger partial charge is 0.342 e. The summed E-state index contributed by atoms with van der Waals surface area (Å²) in [6.07, 6.45) is 0. The summed E-state index contributed by atoms with van der Waals surface area (Å²) < 4.78 is 24.1. The summed E-state index contributed by atoms with van der Waals surface area (Å²) in [5.74, 6) is -0.544. The first-order valence-electron chi connectivity index (χ1n) is 8.47. The van der Waals surface area contributed by atoms with Crippen LogP contribution in [0.4, 0.5) is 5.69 Å². The summed E-state index contributed by atoms with van der Waals surface area (Å²) >= 11 is 0. The van der Waals surface area contributed by atoms with Crippen LogP contribution in [-0.2, 0) is 16.4 Å². The Kier molecular flexibility index (Phi) is 5.52. The summed E-state index contributed by atoms with van der Waals surface area (Å²) in [5, 5.41) is 15.4. The molecule has 0 spiro atoms. The van der Waals surface area contributed by atoms with Crippen molar-refractivity contribution in [2.75, 3.05) is 11.5 Å². The Morgan fingerprint density at radius 1 is 1.11 bits per heavy atom. The van der Waals surface area contributed by atoms with Gasteiger partial charge in [-0.25, -0.2) is 8.42 Å². The van der Waals surface area contributed by atoms with E-state index < -0.39 is 26.7 Å². The SMILES string of the molecule is O=C(N[C@H]1CS(=O)(=O)C[C@H]1[NH2+]Cc1ccccc1)c1ccc([N+](=O)[O-])cc1. The molecule has 2 aromatic carbocycles. The Morgan fingerprint density at radius 3 is 2.41 bits per heavy atom. The number of hydrogen-bond donors (Lipinski definition) is 2. The number of sulfone groups is 1. The number of hydrogen-bond acceptors (Lipinski definition) is 5. The van der Waals surface area contributed by atoms with Crippen LogP contribution in [0, 0.1) is 10.1 Å². The number of nitro benzene ring substituents is 1. The Bertz CT molecular complexity index is 929. The maximum absolute atomic E-state index is 12.4. The van der Waals surface area contributed by atoms with Gasteiger partial charge in [-0.1, -0.05) is 30.3 Å². The summed E-state index contributed by atoms with van der Waals surface area (Å²) in [5.41, 5.74) is 1.22. The van der Waals surface area contributed by atoms with Crippen LogP contribution < -0.4 is 10.6 Å². The molecular formula is C18H20N3O5S+. The van der Waals surface area contributed by atoms with Gasteiger partial charge in [-0.3, -0.25) is 14.9 Å². The number of non-ortho nitro benzene ring substituents is 1. The van der Waals surface area contributed by atoms with Gasteiger partial charge < -0.3 is 10.6 Å². The number of quaternary nitrogens is 1. The minimum atomic E-state index is -3.23. The molecule has 142 valence electrons. The molecule has 3 rings (SSSR count). The zero-order chi connectivity index (χ0) is 19.4. The van der Waals surface area contributed by atoms with Crippen molar-refractivity contribution in [3.63, 3.8) is 0 Å². The Morgan fingerprint density at radius 2 is 1.78 bits per heavy atom. The van der Waals surface area contributed by atoms with E-state index in [-0.39, 0.29) is 28.8 Å². The molecule has 1 aliphatic rings. The zero-order valence-corrected chi connectivity index (χ0v) is 15.3. The average molecular weight is 390 g/mol. The van der Waals surface area contributed by atoms with Gasteiger partial charge in [0.2, 0.25) is 0 Å². The van der Waals surface area contributed by atoms with Crippen molar-refractivity contribution in [2.24, 2.45) is 0 Å². The highest BCUT2D eigenvalue weighted by molar-refractivity contribution is 7.91. The van der Waals surface area contributed by atoms with Crippen molar-refractivity contribution in [3.8, 4) is 0 Å². The van der Waals surface area contributed by atoms with Gasteiger partial charge in [0.05, 0.1) is 16.7 Å². The first kappa shape index (κ1) is 19.0. The second kappa shape index (κ2) is 7.85. The lowest BCUT2D eigenvalue weighted by atomic mass is 10.1. The fourth-order valence-electron chi connectivity index (χ4n) is 3.14. The molecule has 0 aromatic heterocycles. The molecule has 0 saturated carbocycles. The van der Waals surface area contributed by atoms with E-state index in [0.29, 0.717) is 6.54 Å². The third kappa shape index (κ3) is 4.89. The van der Waals surface area contributed by atoms with Gasteiger partial charge in [0.25, 0.3) is 11.6 Å². The Hall–Kier alpha value is -2.78. The zero-order valence-electron chi connectivity index (χ0n) is 14.4. The number of benzene rings is 2. The summed E-state index contributed by atoms with van der Waals surface area (Å²) in [6, 6.07) is 14.1. The number of amides is 1. The molecule has 2 aromatic rings. The van der Waals surface area contributed by atoms with Crippen LogP contribution in [0.5, 0.6) is 0 Å². The Balaban J connectivity index is 1.67. The van der Waals surface area contributed by atoms with Crippen LogP contribution in [0.25, 0.3) is 0 Å². The third-order valence-electron chi connectivity index (χ3n) is 4.55. The van der Waals surface area contributed by atoms with Crippen LogP contribution in [0.1, 0.15) is 15.9 Å². The highest BCUT2D eigenvalue weighted by Gasteiger charge is 2.41. The molecule has 0 unspecified atom stereocenters. The number of carbonyl (C=O) groups is 1. The van der Waals surface area contributed by atoms with Gasteiger partial charge in [0, 0.05) is 23.3 Å². The minimum absolute atomic E-state index is 0.00500. The number of nitrogens with one attached hydrogen (secondary N) is 1. The molecule has 0 aliphatic carbocycles. The molecule has 1 aliphatic heterocycles. The van der Waals surface area contributed by atoms with Crippen LogP contribution in [0.15, 0.2) is 54.6 Å². The van der Waals surface area contributed by atoms with E-state index in [1.54, 1.807) is 0 Å². The lowest BCUT2D eigenvalue weighted by Gasteiger charge is -2.18. The first-order chi connectivity index (χ1) is 12.8. The van der Waals surface area contributed by atoms with Crippen LogP contribution in [-0.4, -0.2) is 42.8 Å². The fraction of sp³-hybridized carbons (Fsp3) is 0.278. The lowest BCUT2D eigenvalue weighted by Crippen LogP contribution is -2.92. The molecule has 0 radical (unpaired) electrons. The lowest BCUT2D eigenvalue weighted by molar-refractivity contribution is -0.701. The summed E-state index contributed by atoms with van der Waals surface area (Å²) in [6.45, 7) is 0.616. The van der Waals surface area contributed by atoms with Crippen LogP contribution in [0.3, 0.4) is 0 Å². The average Bonchev–Trinajstić information content (AvgIpc) is 2.94. The van der Waals surface area contributed by atoms with Crippen molar-refractivity contribution in [1.82, 2.24) is 5.32 Å². The minimum Gasteiger partial charge on any atom is -0.342 e. The van der Waals surface area contributed by atoms with Gasteiger partial charge >= 0.3 is 0 Å². The number of nitro groups is 1. The van der Waals surface area contributed by atoms with E-state index in [1.807, 2.05) is 35.6 Å². The van der Waals surface area contributed by atoms with Crippen molar-refractivity contribution < 1.29 is 23.5 Å². The van der Waals surface area contributed by atoms with Gasteiger partial charge in [0.1, 0.15) is 18.3 Å². The molecule has 1 saturated heterocycles. The maximum Gasteiger partial charge on any atom is 0.269 e. The number of rotatable bonds is 6. The van der Waals surface area contributed by atoms with E-state index in [4.69, 9.17) is 0 Å². The van der Waals surface area contributed by atoms with Gasteiger partial charge in [-0.2, -0.15) is 0 Å². The Labute approximate surface area is 156 Å². The first-order valence-corrected chi connectivity index (χ1v) is 10.3. The molecule has 27 heavy (non-hydrogen) atoms. The molecule has 1 heterocycles. The second-order valence-electron chi connectivity index (χ2n) is 6.55. The number of nitrogens with zero attached hydrogens (tertiary/aromatic N) is 1. The normalized spacial score (nSPS) is 20.9. The van der Waals surface area contributed by atoms with E-state index in [9.17, 15) is 23.3 Å². The number of carbonyl (C=O) groups excluding carboxylic acids is 1. The predicted molar refractivity (Wildman–Crippen MR) is 98.9 cm³/mol. The van der Waals surface area contributed by atoms with E-state index in [1.165, 1.54) is 24.3 Å². The van der Waals surface area contributed by atoms with Crippen molar-refractivity contribution in [1.29, 1.82) is 0 Å².